The number of amides is 2. The molecule has 1 aromatic carbocycles. The molecule has 0 aliphatic heterocycles. The average molecular weight is 277 g/mol. The van der Waals surface area contributed by atoms with Gasteiger partial charge in [-0.1, -0.05) is 13.0 Å². The molecule has 2 amide bonds. The van der Waals surface area contributed by atoms with Crippen molar-refractivity contribution in [1.82, 2.24) is 10.6 Å². The van der Waals surface area contributed by atoms with Gasteiger partial charge in [-0.15, -0.1) is 0 Å². The molecule has 0 aliphatic rings. The highest BCUT2D eigenvalue weighted by molar-refractivity contribution is 5.96. The second-order valence-electron chi connectivity index (χ2n) is 4.88. The molecule has 0 aliphatic carbocycles. The molecule has 0 fully saturated rings. The monoisotopic (exact) mass is 277 g/mol. The Labute approximate surface area is 119 Å². The molecule has 0 saturated carbocycles. The molecule has 0 saturated heterocycles. The highest BCUT2D eigenvalue weighted by atomic mass is 16.2. The zero-order valence-corrected chi connectivity index (χ0v) is 12.4. The van der Waals surface area contributed by atoms with E-state index >= 15 is 0 Å². The number of hydrogen-bond acceptors (Lipinski definition) is 3. The van der Waals surface area contributed by atoms with E-state index in [4.69, 9.17) is 5.73 Å². The summed E-state index contributed by atoms with van der Waals surface area (Å²) >= 11 is 0. The minimum atomic E-state index is -0.197. The highest BCUT2D eigenvalue weighted by Gasteiger charge is 2.11. The topological polar surface area (TPSA) is 84.2 Å². The van der Waals surface area contributed by atoms with Crippen LogP contribution in [0.4, 0.5) is 5.69 Å². The maximum atomic E-state index is 12.0. The zero-order valence-electron chi connectivity index (χ0n) is 12.4. The van der Waals surface area contributed by atoms with E-state index in [-0.39, 0.29) is 18.2 Å². The maximum Gasteiger partial charge on any atom is 0.251 e. The number of anilines is 1. The predicted octanol–water partition coefficient (Wildman–Crippen LogP) is 1.53. The molecule has 0 heterocycles. The number of rotatable bonds is 6. The van der Waals surface area contributed by atoms with Crippen molar-refractivity contribution in [2.75, 3.05) is 18.8 Å². The summed E-state index contributed by atoms with van der Waals surface area (Å²) in [6.45, 7) is 6.76. The summed E-state index contributed by atoms with van der Waals surface area (Å²) in [5, 5.41) is 5.50. The summed E-state index contributed by atoms with van der Waals surface area (Å²) in [4.78, 5) is 23.4. The molecule has 5 nitrogen and oxygen atoms in total. The Morgan fingerprint density at radius 3 is 2.45 bits per heavy atom. The van der Waals surface area contributed by atoms with Gasteiger partial charge in [0.15, 0.2) is 0 Å². The SMILES string of the molecule is CCCNC(=O)CCNC(=O)c1cc(N)c(C)cc1C. The van der Waals surface area contributed by atoms with Crippen LogP contribution in [-0.2, 0) is 4.79 Å². The number of nitrogens with two attached hydrogens (primary N) is 1. The number of nitrogen functional groups attached to an aromatic ring is 1. The Morgan fingerprint density at radius 2 is 1.80 bits per heavy atom. The Hall–Kier alpha value is -2.04. The van der Waals surface area contributed by atoms with Crippen LogP contribution in [0, 0.1) is 13.8 Å². The number of nitrogens with one attached hydrogen (secondary N) is 2. The third-order valence-corrected chi connectivity index (χ3v) is 3.07. The first-order valence-corrected chi connectivity index (χ1v) is 6.87. The number of carbonyl (C=O) groups excluding carboxylic acids is 2. The summed E-state index contributed by atoms with van der Waals surface area (Å²) < 4.78 is 0. The normalized spacial score (nSPS) is 10.2. The average Bonchev–Trinajstić information content (AvgIpc) is 2.40. The van der Waals surface area contributed by atoms with Crippen LogP contribution >= 0.6 is 0 Å². The Kier molecular flexibility index (Phi) is 6.03. The molecule has 0 atom stereocenters. The van der Waals surface area contributed by atoms with Gasteiger partial charge in [-0.25, -0.2) is 0 Å². The van der Waals surface area contributed by atoms with Crippen molar-refractivity contribution in [2.45, 2.75) is 33.6 Å². The number of hydrogen-bond donors (Lipinski definition) is 3. The van der Waals surface area contributed by atoms with E-state index in [1.807, 2.05) is 26.8 Å². The van der Waals surface area contributed by atoms with Crippen molar-refractivity contribution >= 4 is 17.5 Å². The second kappa shape index (κ2) is 7.53. The van der Waals surface area contributed by atoms with Crippen molar-refractivity contribution in [3.8, 4) is 0 Å². The fourth-order valence-electron chi connectivity index (χ4n) is 1.85. The largest absolute Gasteiger partial charge is 0.398 e. The first kappa shape index (κ1) is 16.0. The van der Waals surface area contributed by atoms with Crippen LogP contribution in [-0.4, -0.2) is 24.9 Å². The maximum absolute atomic E-state index is 12.0. The molecule has 0 spiro atoms. The lowest BCUT2D eigenvalue weighted by Crippen LogP contribution is -2.31. The second-order valence-corrected chi connectivity index (χ2v) is 4.88. The molecule has 1 aromatic rings. The summed E-state index contributed by atoms with van der Waals surface area (Å²) in [5.41, 5.74) is 8.81. The van der Waals surface area contributed by atoms with Gasteiger partial charge in [-0.05, 0) is 37.5 Å². The fraction of sp³-hybridized carbons (Fsp3) is 0.467. The smallest absolute Gasteiger partial charge is 0.251 e. The standard InChI is InChI=1S/C15H23N3O2/c1-4-6-17-14(19)5-7-18-15(20)12-9-13(16)11(3)8-10(12)2/h8-9H,4-7,16H2,1-3H3,(H,17,19)(H,18,20). The molecule has 4 N–H and O–H groups in total. The molecular formula is C15H23N3O2. The van der Waals surface area contributed by atoms with Gasteiger partial charge in [-0.3, -0.25) is 9.59 Å². The van der Waals surface area contributed by atoms with E-state index in [2.05, 4.69) is 10.6 Å². The van der Waals surface area contributed by atoms with Gasteiger partial charge < -0.3 is 16.4 Å². The van der Waals surface area contributed by atoms with E-state index in [0.29, 0.717) is 24.3 Å². The van der Waals surface area contributed by atoms with E-state index < -0.39 is 0 Å². The third kappa shape index (κ3) is 4.57. The van der Waals surface area contributed by atoms with Crippen molar-refractivity contribution < 1.29 is 9.59 Å². The van der Waals surface area contributed by atoms with Gasteiger partial charge in [0, 0.05) is 30.8 Å². The summed E-state index contributed by atoms with van der Waals surface area (Å²) in [6, 6.07) is 3.56. The summed E-state index contributed by atoms with van der Waals surface area (Å²) in [5.74, 6) is -0.246. The molecule has 0 radical (unpaired) electrons. The van der Waals surface area contributed by atoms with Crippen molar-refractivity contribution in [3.63, 3.8) is 0 Å². The third-order valence-electron chi connectivity index (χ3n) is 3.07. The predicted molar refractivity (Wildman–Crippen MR) is 80.6 cm³/mol. The van der Waals surface area contributed by atoms with Crippen LogP contribution in [0.15, 0.2) is 12.1 Å². The van der Waals surface area contributed by atoms with Crippen molar-refractivity contribution in [2.24, 2.45) is 0 Å². The minimum absolute atomic E-state index is 0.0488. The van der Waals surface area contributed by atoms with Gasteiger partial charge >= 0.3 is 0 Å². The van der Waals surface area contributed by atoms with Gasteiger partial charge in [0.05, 0.1) is 0 Å². The van der Waals surface area contributed by atoms with Gasteiger partial charge in [-0.2, -0.15) is 0 Å². The summed E-state index contributed by atoms with van der Waals surface area (Å²) in [6.07, 6.45) is 1.19. The van der Waals surface area contributed by atoms with E-state index in [1.165, 1.54) is 0 Å². The fourth-order valence-corrected chi connectivity index (χ4v) is 1.85. The molecule has 0 unspecified atom stereocenters. The lowest BCUT2D eigenvalue weighted by Gasteiger charge is -2.10. The Bertz CT molecular complexity index is 498. The number of aryl methyl sites for hydroxylation is 2. The molecule has 1 rings (SSSR count). The lowest BCUT2D eigenvalue weighted by molar-refractivity contribution is -0.120. The van der Waals surface area contributed by atoms with Crippen LogP contribution < -0.4 is 16.4 Å². The lowest BCUT2D eigenvalue weighted by atomic mass is 10.0. The van der Waals surface area contributed by atoms with Crippen molar-refractivity contribution in [1.29, 1.82) is 0 Å². The molecule has 0 aromatic heterocycles. The molecule has 0 bridgehead atoms. The molecular weight excluding hydrogens is 254 g/mol. The van der Waals surface area contributed by atoms with Crippen LogP contribution in [0.1, 0.15) is 41.3 Å². The van der Waals surface area contributed by atoms with Crippen LogP contribution in [0.3, 0.4) is 0 Å². The van der Waals surface area contributed by atoms with Crippen LogP contribution in [0.2, 0.25) is 0 Å². The first-order valence-electron chi connectivity index (χ1n) is 6.87. The first-order chi connectivity index (χ1) is 9.45. The highest BCUT2D eigenvalue weighted by Crippen LogP contribution is 2.17. The van der Waals surface area contributed by atoms with Crippen molar-refractivity contribution in [3.05, 3.63) is 28.8 Å². The van der Waals surface area contributed by atoms with E-state index in [9.17, 15) is 9.59 Å². The van der Waals surface area contributed by atoms with E-state index in [0.717, 1.165) is 17.5 Å². The zero-order chi connectivity index (χ0) is 15.1. The number of benzene rings is 1. The number of carbonyl (C=O) groups is 2. The van der Waals surface area contributed by atoms with Gasteiger partial charge in [0.25, 0.3) is 5.91 Å². The van der Waals surface area contributed by atoms with Crippen LogP contribution in [0.25, 0.3) is 0 Å². The quantitative estimate of drug-likeness (QED) is 0.689. The van der Waals surface area contributed by atoms with Crippen LogP contribution in [0.5, 0.6) is 0 Å². The Balaban J connectivity index is 2.51. The van der Waals surface area contributed by atoms with E-state index in [1.54, 1.807) is 6.07 Å². The minimum Gasteiger partial charge on any atom is -0.398 e. The van der Waals surface area contributed by atoms with Gasteiger partial charge in [0.1, 0.15) is 0 Å². The van der Waals surface area contributed by atoms with Gasteiger partial charge in [0.2, 0.25) is 5.91 Å². The molecule has 110 valence electrons. The summed E-state index contributed by atoms with van der Waals surface area (Å²) in [7, 11) is 0. The molecule has 5 heteroatoms. The molecule has 20 heavy (non-hydrogen) atoms. The Morgan fingerprint density at radius 1 is 1.10 bits per heavy atom.